The van der Waals surface area contributed by atoms with Crippen LogP contribution in [-0.2, 0) is 10.00 Å². The van der Waals surface area contributed by atoms with Crippen LogP contribution >= 0.6 is 23.2 Å². The van der Waals surface area contributed by atoms with Crippen molar-refractivity contribution in [2.75, 3.05) is 0 Å². The molecule has 19 heavy (non-hydrogen) atoms. The molecule has 4 heteroatoms. The van der Waals surface area contributed by atoms with Crippen LogP contribution in [0.3, 0.4) is 0 Å². The second-order valence-electron chi connectivity index (χ2n) is 4.63. The number of alkyl halides is 2. The van der Waals surface area contributed by atoms with Gasteiger partial charge >= 0.3 is 0 Å². The first-order chi connectivity index (χ1) is 8.92. The summed E-state index contributed by atoms with van der Waals surface area (Å²) >= 11 is 12.8. The first kappa shape index (κ1) is 14.4. The van der Waals surface area contributed by atoms with Gasteiger partial charge in [-0.05, 0) is 11.1 Å². The monoisotopic (exact) mass is 294 g/mol. The van der Waals surface area contributed by atoms with Gasteiger partial charge in [-0.1, -0.05) is 83.9 Å². The molecule has 4 N–H and O–H groups in total. The Hall–Kier alpha value is -1.06. The van der Waals surface area contributed by atoms with Gasteiger partial charge in [-0.3, -0.25) is 0 Å². The lowest BCUT2D eigenvalue weighted by molar-refractivity contribution is 0.463. The molecule has 0 aromatic heterocycles. The summed E-state index contributed by atoms with van der Waals surface area (Å²) in [5.74, 6) is 0. The minimum atomic E-state index is -1.10. The summed E-state index contributed by atoms with van der Waals surface area (Å²) in [7, 11) is 0. The quantitative estimate of drug-likeness (QED) is 0.670. The normalized spacial score (nSPS) is 17.5. The number of nitrogens with two attached hydrogens (primary N) is 2. The molecule has 2 aromatic carbocycles. The van der Waals surface area contributed by atoms with Gasteiger partial charge in [0.25, 0.3) is 0 Å². The highest BCUT2D eigenvalue weighted by Gasteiger charge is 2.36. The average molecular weight is 295 g/mol. The van der Waals surface area contributed by atoms with Crippen LogP contribution in [0.4, 0.5) is 0 Å². The van der Waals surface area contributed by atoms with E-state index in [1.807, 2.05) is 60.7 Å². The molecule has 0 saturated heterocycles. The Morgan fingerprint density at radius 1 is 0.684 bits per heavy atom. The zero-order valence-corrected chi connectivity index (χ0v) is 11.9. The Labute approximate surface area is 123 Å². The number of hydrogen-bond acceptors (Lipinski definition) is 2. The molecule has 0 radical (unpaired) electrons. The summed E-state index contributed by atoms with van der Waals surface area (Å²) in [5.41, 5.74) is 13.9. The van der Waals surface area contributed by atoms with Gasteiger partial charge in [0.1, 0.15) is 10.00 Å². The summed E-state index contributed by atoms with van der Waals surface area (Å²) < 4.78 is 0. The van der Waals surface area contributed by atoms with Crippen LogP contribution in [0, 0.1) is 0 Å². The summed E-state index contributed by atoms with van der Waals surface area (Å²) in [6.45, 7) is 0. The molecule has 0 saturated carbocycles. The molecule has 0 aliphatic rings. The highest BCUT2D eigenvalue weighted by Crippen LogP contribution is 2.38. The van der Waals surface area contributed by atoms with Crippen molar-refractivity contribution in [3.05, 3.63) is 71.8 Å². The van der Waals surface area contributed by atoms with Crippen molar-refractivity contribution in [2.24, 2.45) is 11.5 Å². The summed E-state index contributed by atoms with van der Waals surface area (Å²) in [5, 5.41) is 0. The van der Waals surface area contributed by atoms with Gasteiger partial charge in [-0.25, -0.2) is 0 Å². The lowest BCUT2D eigenvalue weighted by Gasteiger charge is -2.31. The van der Waals surface area contributed by atoms with E-state index < -0.39 is 10.00 Å². The predicted octanol–water partition coefficient (Wildman–Crippen LogP) is 3.48. The third kappa shape index (κ3) is 3.48. The molecule has 0 heterocycles. The largest absolute Gasteiger partial charge is 0.309 e. The first-order valence-electron chi connectivity index (χ1n) is 5.98. The van der Waals surface area contributed by atoms with Crippen LogP contribution in [0.1, 0.15) is 17.5 Å². The van der Waals surface area contributed by atoms with Crippen LogP contribution in [0.2, 0.25) is 0 Å². The third-order valence-electron chi connectivity index (χ3n) is 3.02. The van der Waals surface area contributed by atoms with Crippen molar-refractivity contribution in [1.29, 1.82) is 0 Å². The first-order valence-corrected chi connectivity index (χ1v) is 6.74. The van der Waals surface area contributed by atoms with E-state index in [1.54, 1.807) is 0 Å². The molecule has 2 unspecified atom stereocenters. The number of halogens is 2. The Balaban J connectivity index is 2.25. The summed E-state index contributed by atoms with van der Waals surface area (Å²) in [4.78, 5) is -2.21. The Bertz CT molecular complexity index is 475. The van der Waals surface area contributed by atoms with Crippen LogP contribution in [0.15, 0.2) is 60.7 Å². The second-order valence-corrected chi connectivity index (χ2v) is 5.98. The van der Waals surface area contributed by atoms with E-state index in [4.69, 9.17) is 34.7 Å². The van der Waals surface area contributed by atoms with Crippen molar-refractivity contribution in [1.82, 2.24) is 0 Å². The summed E-state index contributed by atoms with van der Waals surface area (Å²) in [6.07, 6.45) is 0.219. The van der Waals surface area contributed by atoms with Crippen LogP contribution in [0.25, 0.3) is 0 Å². The maximum atomic E-state index is 6.41. The molecule has 2 atom stereocenters. The molecule has 0 aliphatic carbocycles. The summed E-state index contributed by atoms with van der Waals surface area (Å²) in [6, 6.07) is 18.8. The number of benzene rings is 2. The van der Waals surface area contributed by atoms with E-state index in [-0.39, 0.29) is 6.42 Å². The molecule has 0 spiro atoms. The molecule has 0 aliphatic heterocycles. The average Bonchev–Trinajstić information content (AvgIpc) is 2.40. The van der Waals surface area contributed by atoms with Gasteiger partial charge < -0.3 is 11.5 Å². The molecule has 0 bridgehead atoms. The van der Waals surface area contributed by atoms with E-state index in [0.29, 0.717) is 0 Å². The predicted molar refractivity (Wildman–Crippen MR) is 80.9 cm³/mol. The van der Waals surface area contributed by atoms with Gasteiger partial charge in [0.2, 0.25) is 0 Å². The van der Waals surface area contributed by atoms with Crippen molar-refractivity contribution < 1.29 is 0 Å². The van der Waals surface area contributed by atoms with Crippen molar-refractivity contribution >= 4 is 23.2 Å². The third-order valence-corrected chi connectivity index (χ3v) is 3.73. The van der Waals surface area contributed by atoms with Crippen LogP contribution < -0.4 is 11.5 Å². The van der Waals surface area contributed by atoms with Gasteiger partial charge in [0.15, 0.2) is 0 Å². The van der Waals surface area contributed by atoms with E-state index in [1.165, 1.54) is 0 Å². The fraction of sp³-hybridized carbons (Fsp3) is 0.200. The fourth-order valence-corrected chi connectivity index (χ4v) is 2.75. The standard InChI is InChI=1S/C15H16Cl2N2/c16-14(18,12-7-3-1-4-8-12)11-15(17,19)13-9-5-2-6-10-13/h1-10H,11,18-19H2. The van der Waals surface area contributed by atoms with E-state index >= 15 is 0 Å². The van der Waals surface area contributed by atoms with Gasteiger partial charge in [-0.15, -0.1) is 0 Å². The SMILES string of the molecule is NC(Cl)(CC(N)(Cl)c1ccccc1)c1ccccc1. The Kier molecular flexibility index (Phi) is 4.16. The van der Waals surface area contributed by atoms with Crippen molar-refractivity contribution in [3.63, 3.8) is 0 Å². The fourth-order valence-electron chi connectivity index (χ4n) is 2.01. The lowest BCUT2D eigenvalue weighted by Crippen LogP contribution is -2.42. The number of rotatable bonds is 4. The van der Waals surface area contributed by atoms with Crippen LogP contribution in [-0.4, -0.2) is 0 Å². The molecule has 2 rings (SSSR count). The molecule has 2 aromatic rings. The maximum Gasteiger partial charge on any atom is 0.120 e. The van der Waals surface area contributed by atoms with E-state index in [9.17, 15) is 0 Å². The smallest absolute Gasteiger partial charge is 0.120 e. The molecular weight excluding hydrogens is 279 g/mol. The van der Waals surface area contributed by atoms with Gasteiger partial charge in [0, 0.05) is 6.42 Å². The lowest BCUT2D eigenvalue weighted by atomic mass is 9.95. The second kappa shape index (κ2) is 5.51. The zero-order chi connectivity index (χ0) is 13.9. The zero-order valence-electron chi connectivity index (χ0n) is 10.4. The van der Waals surface area contributed by atoms with Crippen LogP contribution in [0.5, 0.6) is 0 Å². The highest BCUT2D eigenvalue weighted by molar-refractivity contribution is 6.26. The van der Waals surface area contributed by atoms with Gasteiger partial charge in [0.05, 0.1) is 0 Å². The molecular formula is C15H16Cl2N2. The van der Waals surface area contributed by atoms with Gasteiger partial charge in [-0.2, -0.15) is 0 Å². The highest BCUT2D eigenvalue weighted by atomic mass is 35.5. The number of hydrogen-bond donors (Lipinski definition) is 2. The maximum absolute atomic E-state index is 6.41. The molecule has 0 amide bonds. The Morgan fingerprint density at radius 3 is 1.32 bits per heavy atom. The molecule has 100 valence electrons. The van der Waals surface area contributed by atoms with E-state index in [0.717, 1.165) is 11.1 Å². The molecule has 2 nitrogen and oxygen atoms in total. The minimum Gasteiger partial charge on any atom is -0.309 e. The minimum absolute atomic E-state index is 0.219. The molecule has 0 fully saturated rings. The topological polar surface area (TPSA) is 52.0 Å². The Morgan fingerprint density at radius 2 is 1.00 bits per heavy atom. The van der Waals surface area contributed by atoms with Crippen molar-refractivity contribution in [3.8, 4) is 0 Å². The van der Waals surface area contributed by atoms with E-state index in [2.05, 4.69) is 0 Å². The van der Waals surface area contributed by atoms with Crippen molar-refractivity contribution in [2.45, 2.75) is 16.4 Å².